The molecule has 0 saturated carbocycles. The van der Waals surface area contributed by atoms with Gasteiger partial charge in [-0.3, -0.25) is 4.79 Å². The topological polar surface area (TPSA) is 68.5 Å². The molecule has 0 unspecified atom stereocenters. The molecule has 7 heteroatoms. The lowest BCUT2D eigenvalue weighted by molar-refractivity contribution is -0.129. The maximum atomic E-state index is 12.9. The normalized spacial score (nSPS) is 12.0. The molecule has 3 rings (SSSR count). The van der Waals surface area contributed by atoms with Crippen molar-refractivity contribution < 1.29 is 23.1 Å². The van der Waals surface area contributed by atoms with Gasteiger partial charge >= 0.3 is 5.97 Å². The zero-order valence-corrected chi connectivity index (χ0v) is 15.5. The van der Waals surface area contributed by atoms with Gasteiger partial charge in [0.25, 0.3) is 5.91 Å². The molecule has 0 aliphatic carbocycles. The standard InChI is InChI=1S/C20H17ClFNO4/c1-11-16-9-14(21)5-8-17(16)27-18(11)20(25)26-12(2)19(24)23-10-13-3-6-15(22)7-4-13/h3-9,12H,10H2,1-2H3,(H,23,24)/t12-/m0/s1. The van der Waals surface area contributed by atoms with E-state index in [-0.39, 0.29) is 18.1 Å². The van der Waals surface area contributed by atoms with E-state index < -0.39 is 18.0 Å². The molecular weight excluding hydrogens is 373 g/mol. The maximum Gasteiger partial charge on any atom is 0.375 e. The van der Waals surface area contributed by atoms with E-state index >= 15 is 0 Å². The second-order valence-corrected chi connectivity index (χ2v) is 6.52. The molecule has 0 saturated heterocycles. The van der Waals surface area contributed by atoms with Crippen molar-refractivity contribution in [3.05, 3.63) is 70.2 Å². The van der Waals surface area contributed by atoms with Crippen molar-refractivity contribution in [1.29, 1.82) is 0 Å². The molecule has 0 fully saturated rings. The number of carbonyl (C=O) groups is 2. The van der Waals surface area contributed by atoms with E-state index in [9.17, 15) is 14.0 Å². The lowest BCUT2D eigenvalue weighted by Crippen LogP contribution is -2.35. The second kappa shape index (κ2) is 7.80. The summed E-state index contributed by atoms with van der Waals surface area (Å²) in [6, 6.07) is 10.8. The van der Waals surface area contributed by atoms with E-state index in [0.29, 0.717) is 21.6 Å². The molecule has 27 heavy (non-hydrogen) atoms. The SMILES string of the molecule is Cc1c(C(=O)O[C@@H](C)C(=O)NCc2ccc(F)cc2)oc2ccc(Cl)cc12. The summed E-state index contributed by atoms with van der Waals surface area (Å²) in [6.07, 6.45) is -1.02. The number of fused-ring (bicyclic) bond motifs is 1. The first-order valence-corrected chi connectivity index (χ1v) is 8.64. The van der Waals surface area contributed by atoms with Gasteiger partial charge in [-0.15, -0.1) is 0 Å². The summed E-state index contributed by atoms with van der Waals surface area (Å²) in [6.45, 7) is 3.38. The first-order valence-electron chi connectivity index (χ1n) is 8.27. The van der Waals surface area contributed by atoms with Crippen molar-refractivity contribution in [2.75, 3.05) is 0 Å². The Hall–Kier alpha value is -2.86. The van der Waals surface area contributed by atoms with Gasteiger partial charge in [0.1, 0.15) is 11.4 Å². The number of furan rings is 1. The Morgan fingerprint density at radius 2 is 1.93 bits per heavy atom. The number of halogens is 2. The van der Waals surface area contributed by atoms with Crippen LogP contribution >= 0.6 is 11.6 Å². The molecule has 2 aromatic carbocycles. The molecule has 3 aromatic rings. The minimum atomic E-state index is -1.02. The molecule has 1 atom stereocenters. The Morgan fingerprint density at radius 1 is 1.22 bits per heavy atom. The largest absolute Gasteiger partial charge is 0.449 e. The zero-order valence-electron chi connectivity index (χ0n) is 14.7. The molecule has 140 valence electrons. The van der Waals surface area contributed by atoms with Gasteiger partial charge in [0.05, 0.1) is 0 Å². The van der Waals surface area contributed by atoms with Crippen LogP contribution in [-0.2, 0) is 16.1 Å². The van der Waals surface area contributed by atoms with Gasteiger partial charge in [0.2, 0.25) is 5.76 Å². The molecular formula is C20H17ClFNO4. The number of rotatable bonds is 5. The van der Waals surface area contributed by atoms with Gasteiger partial charge in [-0.2, -0.15) is 0 Å². The van der Waals surface area contributed by atoms with Crippen LogP contribution in [-0.4, -0.2) is 18.0 Å². The predicted octanol–water partition coefficient (Wildman–Crippen LogP) is 4.40. The van der Waals surface area contributed by atoms with Crippen LogP contribution in [0, 0.1) is 12.7 Å². The Balaban J connectivity index is 1.63. The number of aryl methyl sites for hydroxylation is 1. The molecule has 0 bridgehead atoms. The van der Waals surface area contributed by atoms with Crippen molar-refractivity contribution in [2.24, 2.45) is 0 Å². The third-order valence-corrected chi connectivity index (χ3v) is 4.35. The van der Waals surface area contributed by atoms with Crippen LogP contribution in [0.15, 0.2) is 46.9 Å². The highest BCUT2D eigenvalue weighted by Gasteiger charge is 2.24. The number of amides is 1. The predicted molar refractivity (Wildman–Crippen MR) is 99.1 cm³/mol. The molecule has 0 aliphatic rings. The quantitative estimate of drug-likeness (QED) is 0.657. The number of carbonyl (C=O) groups excluding carboxylic acids is 2. The Labute approximate surface area is 160 Å². The van der Waals surface area contributed by atoms with Crippen LogP contribution in [0.4, 0.5) is 4.39 Å². The van der Waals surface area contributed by atoms with Gasteiger partial charge < -0.3 is 14.5 Å². The Morgan fingerprint density at radius 3 is 2.63 bits per heavy atom. The van der Waals surface area contributed by atoms with Crippen LogP contribution < -0.4 is 5.32 Å². The van der Waals surface area contributed by atoms with Crippen molar-refractivity contribution in [3.63, 3.8) is 0 Å². The smallest absolute Gasteiger partial charge is 0.375 e. The minimum Gasteiger partial charge on any atom is -0.449 e. The maximum absolute atomic E-state index is 12.9. The lowest BCUT2D eigenvalue weighted by Gasteiger charge is -2.13. The number of esters is 1. The van der Waals surface area contributed by atoms with Crippen molar-refractivity contribution in [1.82, 2.24) is 5.32 Å². The zero-order chi connectivity index (χ0) is 19.6. The number of hydrogen-bond donors (Lipinski definition) is 1. The molecule has 1 heterocycles. The lowest BCUT2D eigenvalue weighted by atomic mass is 10.1. The Kier molecular flexibility index (Phi) is 5.46. The van der Waals surface area contributed by atoms with Crippen molar-refractivity contribution >= 4 is 34.4 Å². The minimum absolute atomic E-state index is 0.0328. The summed E-state index contributed by atoms with van der Waals surface area (Å²) in [7, 11) is 0. The molecule has 0 aliphatic heterocycles. The number of hydrogen-bond acceptors (Lipinski definition) is 4. The average molecular weight is 390 g/mol. The van der Waals surface area contributed by atoms with Gasteiger partial charge in [-0.1, -0.05) is 23.7 Å². The third-order valence-electron chi connectivity index (χ3n) is 4.12. The highest BCUT2D eigenvalue weighted by atomic mass is 35.5. The molecule has 0 spiro atoms. The highest BCUT2D eigenvalue weighted by molar-refractivity contribution is 6.31. The van der Waals surface area contributed by atoms with E-state index in [1.807, 2.05) is 0 Å². The molecule has 5 nitrogen and oxygen atoms in total. The first kappa shape index (κ1) is 18.9. The second-order valence-electron chi connectivity index (χ2n) is 6.09. The fraction of sp³-hybridized carbons (Fsp3) is 0.200. The molecule has 1 N–H and O–H groups in total. The molecule has 1 amide bonds. The molecule has 0 radical (unpaired) electrons. The van der Waals surface area contributed by atoms with E-state index in [1.54, 1.807) is 37.3 Å². The summed E-state index contributed by atoms with van der Waals surface area (Å²) >= 11 is 5.97. The van der Waals surface area contributed by atoms with Crippen LogP contribution in [0.2, 0.25) is 5.02 Å². The fourth-order valence-corrected chi connectivity index (χ4v) is 2.76. The molecule has 1 aromatic heterocycles. The summed E-state index contributed by atoms with van der Waals surface area (Å²) in [5.74, 6) is -1.52. The summed E-state index contributed by atoms with van der Waals surface area (Å²) in [4.78, 5) is 24.5. The van der Waals surface area contributed by atoms with E-state index in [1.165, 1.54) is 19.1 Å². The van der Waals surface area contributed by atoms with Crippen LogP contribution in [0.1, 0.15) is 28.6 Å². The average Bonchev–Trinajstić information content (AvgIpc) is 2.97. The van der Waals surface area contributed by atoms with Crippen LogP contribution in [0.3, 0.4) is 0 Å². The number of ether oxygens (including phenoxy) is 1. The van der Waals surface area contributed by atoms with Crippen LogP contribution in [0.25, 0.3) is 11.0 Å². The first-order chi connectivity index (χ1) is 12.8. The Bertz CT molecular complexity index is 997. The fourth-order valence-electron chi connectivity index (χ4n) is 2.59. The number of nitrogens with one attached hydrogen (secondary N) is 1. The van der Waals surface area contributed by atoms with E-state index in [4.69, 9.17) is 20.8 Å². The van der Waals surface area contributed by atoms with E-state index in [2.05, 4.69) is 5.32 Å². The third kappa shape index (κ3) is 4.28. The summed E-state index contributed by atoms with van der Waals surface area (Å²) in [5, 5.41) is 3.88. The van der Waals surface area contributed by atoms with Crippen LogP contribution in [0.5, 0.6) is 0 Å². The van der Waals surface area contributed by atoms with Crippen molar-refractivity contribution in [2.45, 2.75) is 26.5 Å². The monoisotopic (exact) mass is 389 g/mol. The van der Waals surface area contributed by atoms with Gasteiger partial charge in [0, 0.05) is 22.5 Å². The summed E-state index contributed by atoms with van der Waals surface area (Å²) < 4.78 is 23.6. The van der Waals surface area contributed by atoms with Gasteiger partial charge in [-0.25, -0.2) is 9.18 Å². The highest BCUT2D eigenvalue weighted by Crippen LogP contribution is 2.28. The summed E-state index contributed by atoms with van der Waals surface area (Å²) in [5.41, 5.74) is 1.84. The van der Waals surface area contributed by atoms with E-state index in [0.717, 1.165) is 5.56 Å². The van der Waals surface area contributed by atoms with Gasteiger partial charge in [-0.05, 0) is 49.7 Å². The van der Waals surface area contributed by atoms with Crippen molar-refractivity contribution in [3.8, 4) is 0 Å². The van der Waals surface area contributed by atoms with Gasteiger partial charge in [0.15, 0.2) is 6.10 Å². The number of benzene rings is 2.